The van der Waals surface area contributed by atoms with Crippen LogP contribution in [0.5, 0.6) is 0 Å². The van der Waals surface area contributed by atoms with Crippen LogP contribution in [0, 0.1) is 5.92 Å². The van der Waals surface area contributed by atoms with Gasteiger partial charge < -0.3 is 10.2 Å². The van der Waals surface area contributed by atoms with Crippen molar-refractivity contribution in [3.8, 4) is 5.69 Å². The van der Waals surface area contributed by atoms with Gasteiger partial charge in [-0.3, -0.25) is 4.79 Å². The molecule has 0 bridgehead atoms. The third-order valence-corrected chi connectivity index (χ3v) is 4.01. The number of hydrogen-bond acceptors (Lipinski definition) is 5. The summed E-state index contributed by atoms with van der Waals surface area (Å²) in [6, 6.07) is 7.42. The summed E-state index contributed by atoms with van der Waals surface area (Å²) >= 11 is 0. The van der Waals surface area contributed by atoms with Crippen molar-refractivity contribution in [3.05, 3.63) is 36.2 Å². The van der Waals surface area contributed by atoms with Gasteiger partial charge in [-0.05, 0) is 61.0 Å². The smallest absolute Gasteiger partial charge is 0.253 e. The molecule has 1 atom stereocenters. The third kappa shape index (κ3) is 3.14. The van der Waals surface area contributed by atoms with Gasteiger partial charge in [-0.25, -0.2) is 4.68 Å². The van der Waals surface area contributed by atoms with E-state index in [2.05, 4.69) is 20.8 Å². The molecule has 1 amide bonds. The number of carbonyl (C=O) groups is 1. The molecular weight excluding hydrogens is 280 g/mol. The van der Waals surface area contributed by atoms with E-state index in [0.29, 0.717) is 11.5 Å². The lowest BCUT2D eigenvalue weighted by Crippen LogP contribution is -2.42. The van der Waals surface area contributed by atoms with Crippen LogP contribution in [-0.4, -0.2) is 57.7 Å². The van der Waals surface area contributed by atoms with Crippen molar-refractivity contribution in [1.29, 1.82) is 0 Å². The van der Waals surface area contributed by atoms with Crippen LogP contribution in [0.1, 0.15) is 23.2 Å². The number of rotatable bonds is 4. The van der Waals surface area contributed by atoms with Gasteiger partial charge in [0.1, 0.15) is 6.33 Å². The molecule has 0 aliphatic carbocycles. The van der Waals surface area contributed by atoms with Gasteiger partial charge in [0.15, 0.2) is 0 Å². The van der Waals surface area contributed by atoms with Gasteiger partial charge in [-0.1, -0.05) is 6.07 Å². The van der Waals surface area contributed by atoms with E-state index in [-0.39, 0.29) is 5.91 Å². The Hall–Kier alpha value is -2.28. The second-order valence-corrected chi connectivity index (χ2v) is 5.62. The zero-order valence-corrected chi connectivity index (χ0v) is 12.6. The van der Waals surface area contributed by atoms with Crippen LogP contribution >= 0.6 is 0 Å². The molecule has 7 nitrogen and oxygen atoms in total. The van der Waals surface area contributed by atoms with E-state index in [1.807, 2.05) is 36.2 Å². The van der Waals surface area contributed by atoms with E-state index in [4.69, 9.17) is 0 Å². The molecule has 7 heteroatoms. The lowest BCUT2D eigenvalue weighted by molar-refractivity contribution is 0.0674. The largest absolute Gasteiger partial charge is 0.338 e. The zero-order valence-electron chi connectivity index (χ0n) is 12.6. The second kappa shape index (κ2) is 6.65. The number of piperidine rings is 1. The van der Waals surface area contributed by atoms with Crippen LogP contribution in [0.4, 0.5) is 0 Å². The number of carbonyl (C=O) groups excluding carboxylic acids is 1. The minimum absolute atomic E-state index is 0.0794. The maximum Gasteiger partial charge on any atom is 0.253 e. The quantitative estimate of drug-likeness (QED) is 0.901. The maximum atomic E-state index is 12.7. The highest BCUT2D eigenvalue weighted by molar-refractivity contribution is 5.94. The predicted molar refractivity (Wildman–Crippen MR) is 81.7 cm³/mol. The highest BCUT2D eigenvalue weighted by atomic mass is 16.2. The number of amides is 1. The van der Waals surface area contributed by atoms with Crippen molar-refractivity contribution in [1.82, 2.24) is 30.4 Å². The third-order valence-electron chi connectivity index (χ3n) is 4.01. The van der Waals surface area contributed by atoms with Crippen LogP contribution in [0.15, 0.2) is 30.6 Å². The summed E-state index contributed by atoms with van der Waals surface area (Å²) in [5.41, 5.74) is 1.47. The first-order chi connectivity index (χ1) is 10.8. The fourth-order valence-electron chi connectivity index (χ4n) is 2.95. The standard InChI is InChI=1S/C15H20N6O/c1-16-9-12-4-3-7-20(10-12)15(22)13-5-2-6-14(8-13)21-11-17-18-19-21/h2,5-6,8,11-12,16H,3-4,7,9-10H2,1H3. The van der Waals surface area contributed by atoms with Gasteiger partial charge in [0.05, 0.1) is 5.69 Å². The maximum absolute atomic E-state index is 12.7. The van der Waals surface area contributed by atoms with Crippen molar-refractivity contribution in [3.63, 3.8) is 0 Å². The highest BCUT2D eigenvalue weighted by Gasteiger charge is 2.24. The monoisotopic (exact) mass is 300 g/mol. The summed E-state index contributed by atoms with van der Waals surface area (Å²) in [7, 11) is 1.95. The molecule has 22 heavy (non-hydrogen) atoms. The topological polar surface area (TPSA) is 75.9 Å². The van der Waals surface area contributed by atoms with E-state index in [1.54, 1.807) is 4.68 Å². The van der Waals surface area contributed by atoms with Crippen molar-refractivity contribution >= 4 is 5.91 Å². The van der Waals surface area contributed by atoms with E-state index >= 15 is 0 Å². The second-order valence-electron chi connectivity index (χ2n) is 5.62. The highest BCUT2D eigenvalue weighted by Crippen LogP contribution is 2.19. The number of benzene rings is 1. The van der Waals surface area contributed by atoms with Gasteiger partial charge in [-0.2, -0.15) is 0 Å². The molecule has 0 spiro atoms. The zero-order chi connectivity index (χ0) is 15.4. The Morgan fingerprint density at radius 3 is 3.14 bits per heavy atom. The molecule has 0 radical (unpaired) electrons. The Bertz CT molecular complexity index is 625. The normalized spacial score (nSPS) is 18.4. The number of hydrogen-bond donors (Lipinski definition) is 1. The molecule has 1 fully saturated rings. The number of likely N-dealkylation sites (tertiary alicyclic amines) is 1. The molecule has 1 aliphatic heterocycles. The van der Waals surface area contributed by atoms with Gasteiger partial charge in [-0.15, -0.1) is 5.10 Å². The van der Waals surface area contributed by atoms with E-state index < -0.39 is 0 Å². The fourth-order valence-corrected chi connectivity index (χ4v) is 2.95. The molecule has 2 heterocycles. The van der Waals surface area contributed by atoms with Crippen LogP contribution in [0.2, 0.25) is 0 Å². The lowest BCUT2D eigenvalue weighted by Gasteiger charge is -2.32. The molecule has 1 N–H and O–H groups in total. The lowest BCUT2D eigenvalue weighted by atomic mass is 9.97. The Labute approximate surface area is 129 Å². The average molecular weight is 300 g/mol. The van der Waals surface area contributed by atoms with Gasteiger partial charge in [0.2, 0.25) is 0 Å². The summed E-state index contributed by atoms with van der Waals surface area (Å²) in [6.45, 7) is 2.59. The number of tetrazole rings is 1. The van der Waals surface area contributed by atoms with E-state index in [9.17, 15) is 4.79 Å². The average Bonchev–Trinajstić information content (AvgIpc) is 3.09. The predicted octanol–water partition coefficient (Wildman–Crippen LogP) is 0.734. The minimum Gasteiger partial charge on any atom is -0.338 e. The molecule has 116 valence electrons. The van der Waals surface area contributed by atoms with Gasteiger partial charge in [0, 0.05) is 18.7 Å². The number of nitrogens with zero attached hydrogens (tertiary/aromatic N) is 5. The van der Waals surface area contributed by atoms with Crippen LogP contribution in [0.3, 0.4) is 0 Å². The van der Waals surface area contributed by atoms with Crippen molar-refractivity contribution < 1.29 is 4.79 Å². The van der Waals surface area contributed by atoms with Gasteiger partial charge in [0.25, 0.3) is 5.91 Å². The summed E-state index contributed by atoms with van der Waals surface area (Å²) in [4.78, 5) is 14.7. The molecular formula is C15H20N6O. The fraction of sp³-hybridized carbons (Fsp3) is 0.467. The van der Waals surface area contributed by atoms with E-state index in [0.717, 1.165) is 31.7 Å². The molecule has 1 saturated heterocycles. The van der Waals surface area contributed by atoms with Crippen molar-refractivity contribution in [2.75, 3.05) is 26.7 Å². The molecule has 1 aromatic carbocycles. The van der Waals surface area contributed by atoms with Crippen LogP contribution < -0.4 is 5.32 Å². The van der Waals surface area contributed by atoms with Crippen molar-refractivity contribution in [2.45, 2.75) is 12.8 Å². The first-order valence-electron chi connectivity index (χ1n) is 7.55. The molecule has 2 aromatic rings. The van der Waals surface area contributed by atoms with Crippen molar-refractivity contribution in [2.24, 2.45) is 5.92 Å². The molecule has 1 unspecified atom stereocenters. The summed E-state index contributed by atoms with van der Waals surface area (Å²) in [5, 5.41) is 14.3. The summed E-state index contributed by atoms with van der Waals surface area (Å²) in [5.74, 6) is 0.612. The molecule has 1 aliphatic rings. The SMILES string of the molecule is CNCC1CCCN(C(=O)c2cccc(-n3cnnn3)c2)C1. The number of aromatic nitrogens is 4. The Morgan fingerprint density at radius 1 is 1.45 bits per heavy atom. The Balaban J connectivity index is 1.76. The minimum atomic E-state index is 0.0794. The van der Waals surface area contributed by atoms with Gasteiger partial charge >= 0.3 is 0 Å². The first kappa shape index (κ1) is 14.6. The first-order valence-corrected chi connectivity index (χ1v) is 7.55. The number of nitrogens with one attached hydrogen (secondary N) is 1. The van der Waals surface area contributed by atoms with Crippen LogP contribution in [0.25, 0.3) is 5.69 Å². The van der Waals surface area contributed by atoms with E-state index in [1.165, 1.54) is 12.7 Å². The Kier molecular flexibility index (Phi) is 4.43. The molecule has 1 aromatic heterocycles. The molecule has 3 rings (SSSR count). The summed E-state index contributed by atoms with van der Waals surface area (Å²) in [6.07, 6.45) is 3.76. The summed E-state index contributed by atoms with van der Waals surface area (Å²) < 4.78 is 1.55. The van der Waals surface area contributed by atoms with Crippen LogP contribution in [-0.2, 0) is 0 Å². The molecule has 0 saturated carbocycles. The Morgan fingerprint density at radius 2 is 2.36 bits per heavy atom.